The highest BCUT2D eigenvalue weighted by Gasteiger charge is 2.29. The summed E-state index contributed by atoms with van der Waals surface area (Å²) in [7, 11) is -1.43. The summed E-state index contributed by atoms with van der Waals surface area (Å²) in [5.74, 6) is -0.172. The van der Waals surface area contributed by atoms with Crippen LogP contribution in [0, 0.1) is 0 Å². The van der Waals surface area contributed by atoms with Crippen molar-refractivity contribution in [2.75, 3.05) is 12.8 Å². The number of hydrogen-bond donors (Lipinski definition) is 0. The highest BCUT2D eigenvalue weighted by molar-refractivity contribution is 7.92. The predicted octanol–water partition coefficient (Wildman–Crippen LogP) is 1.79. The first-order chi connectivity index (χ1) is 9.99. The van der Waals surface area contributed by atoms with E-state index in [1.54, 1.807) is 24.3 Å². The van der Waals surface area contributed by atoms with Gasteiger partial charge in [-0.25, -0.2) is 8.42 Å². The Hall–Kier alpha value is -1.43. The van der Waals surface area contributed by atoms with Gasteiger partial charge in [-0.15, -0.1) is 0 Å². The zero-order chi connectivity index (χ0) is 15.3. The first-order valence-electron chi connectivity index (χ1n) is 7.33. The smallest absolute Gasteiger partial charge is 0.223 e. The van der Waals surface area contributed by atoms with E-state index < -0.39 is 9.84 Å². The van der Waals surface area contributed by atoms with Gasteiger partial charge in [0.1, 0.15) is 0 Å². The highest BCUT2D eigenvalue weighted by atomic mass is 32.2. The Bertz CT molecular complexity index is 566. The fourth-order valence-corrected chi connectivity index (χ4v) is 4.53. The first kappa shape index (κ1) is 15.9. The van der Waals surface area contributed by atoms with Crippen LogP contribution in [0.4, 0.5) is 0 Å². The lowest BCUT2D eigenvalue weighted by Gasteiger charge is -2.18. The Morgan fingerprint density at radius 2 is 2.10 bits per heavy atom. The molecule has 21 heavy (non-hydrogen) atoms. The van der Waals surface area contributed by atoms with Gasteiger partial charge in [0, 0.05) is 32.4 Å². The van der Waals surface area contributed by atoms with Gasteiger partial charge in [0.2, 0.25) is 5.91 Å². The normalized spacial score (nSPS) is 16.0. The molecule has 1 saturated carbocycles. The molecule has 1 fully saturated rings. The van der Waals surface area contributed by atoms with E-state index in [4.69, 9.17) is 0 Å². The van der Waals surface area contributed by atoms with Gasteiger partial charge < -0.3 is 4.90 Å². The van der Waals surface area contributed by atoms with Crippen LogP contribution in [0.3, 0.4) is 0 Å². The van der Waals surface area contributed by atoms with Crippen molar-refractivity contribution in [1.82, 2.24) is 9.88 Å². The molecule has 0 N–H and O–H groups in total. The van der Waals surface area contributed by atoms with E-state index >= 15 is 0 Å². The number of nitrogens with zero attached hydrogens (tertiary/aromatic N) is 2. The zero-order valence-electron chi connectivity index (χ0n) is 12.4. The van der Waals surface area contributed by atoms with E-state index in [1.807, 2.05) is 12.1 Å². The Morgan fingerprint density at radius 1 is 1.38 bits per heavy atom. The molecule has 6 heteroatoms. The summed E-state index contributed by atoms with van der Waals surface area (Å²) < 4.78 is 24.3. The third kappa shape index (κ3) is 4.52. The molecule has 1 heterocycles. The second-order valence-electron chi connectivity index (χ2n) is 5.63. The van der Waals surface area contributed by atoms with Crippen LogP contribution in [-0.4, -0.2) is 42.3 Å². The lowest BCUT2D eigenvalue weighted by Crippen LogP contribution is -2.30. The van der Waals surface area contributed by atoms with E-state index in [0.29, 0.717) is 6.54 Å². The fraction of sp³-hybridized carbons (Fsp3) is 0.600. The molecule has 0 atom stereocenters. The molecule has 0 unspecified atom stereocenters. The second kappa shape index (κ2) is 7.02. The van der Waals surface area contributed by atoms with E-state index in [-0.39, 0.29) is 23.3 Å². The quantitative estimate of drug-likeness (QED) is 0.803. The lowest BCUT2D eigenvalue weighted by atomic mass is 10.2. The predicted molar refractivity (Wildman–Crippen MR) is 81.4 cm³/mol. The van der Waals surface area contributed by atoms with Gasteiger partial charge in [-0.3, -0.25) is 9.78 Å². The molecule has 116 valence electrons. The molecule has 1 aromatic heterocycles. The van der Waals surface area contributed by atoms with Gasteiger partial charge in [-0.1, -0.05) is 18.9 Å². The topological polar surface area (TPSA) is 67.3 Å². The van der Waals surface area contributed by atoms with Crippen molar-refractivity contribution in [2.24, 2.45) is 0 Å². The average molecular weight is 310 g/mol. The summed E-state index contributed by atoms with van der Waals surface area (Å²) in [5, 5.41) is -0.228. The van der Waals surface area contributed by atoms with Crippen LogP contribution in [0.15, 0.2) is 24.5 Å². The minimum atomic E-state index is -3.12. The van der Waals surface area contributed by atoms with Gasteiger partial charge in [-0.05, 0) is 24.5 Å². The van der Waals surface area contributed by atoms with Crippen molar-refractivity contribution in [2.45, 2.75) is 43.9 Å². The molecule has 0 radical (unpaired) electrons. The number of carbonyl (C=O) groups excluding carboxylic acids is 1. The number of sulfone groups is 1. The van der Waals surface area contributed by atoms with Crippen molar-refractivity contribution in [1.29, 1.82) is 0 Å². The molecule has 0 bridgehead atoms. The van der Waals surface area contributed by atoms with Gasteiger partial charge in [0.15, 0.2) is 9.84 Å². The van der Waals surface area contributed by atoms with Gasteiger partial charge >= 0.3 is 0 Å². The van der Waals surface area contributed by atoms with E-state index in [0.717, 1.165) is 31.2 Å². The maximum Gasteiger partial charge on any atom is 0.223 e. The standard InChI is InChI=1S/C15H22N2O3S/c1-17(12-13-5-4-9-16-11-13)15(18)8-10-21(19,20)14-6-2-3-7-14/h4-5,9,11,14H,2-3,6-8,10,12H2,1H3. The Morgan fingerprint density at radius 3 is 2.71 bits per heavy atom. The Balaban J connectivity index is 1.83. The van der Waals surface area contributed by atoms with Gasteiger partial charge in [0.05, 0.1) is 11.0 Å². The summed E-state index contributed by atoms with van der Waals surface area (Å²) >= 11 is 0. The minimum absolute atomic E-state index is 0.0338. The second-order valence-corrected chi connectivity index (χ2v) is 8.04. The summed E-state index contributed by atoms with van der Waals surface area (Å²) in [6.07, 6.45) is 6.93. The van der Waals surface area contributed by atoms with Crippen molar-refractivity contribution in [3.05, 3.63) is 30.1 Å². The van der Waals surface area contributed by atoms with Crippen molar-refractivity contribution in [3.8, 4) is 0 Å². The number of hydrogen-bond acceptors (Lipinski definition) is 4. The summed E-state index contributed by atoms with van der Waals surface area (Å²) in [6.45, 7) is 0.455. The molecule has 5 nitrogen and oxygen atoms in total. The molecule has 1 amide bonds. The van der Waals surface area contributed by atoms with Crippen molar-refractivity contribution in [3.63, 3.8) is 0 Å². The number of pyridine rings is 1. The monoisotopic (exact) mass is 310 g/mol. The Labute approximate surface area is 126 Å². The molecule has 1 aromatic rings. The van der Waals surface area contributed by atoms with Crippen molar-refractivity contribution < 1.29 is 13.2 Å². The van der Waals surface area contributed by atoms with Crippen LogP contribution < -0.4 is 0 Å². The van der Waals surface area contributed by atoms with E-state index in [2.05, 4.69) is 4.98 Å². The lowest BCUT2D eigenvalue weighted by molar-refractivity contribution is -0.130. The Kier molecular flexibility index (Phi) is 5.33. The molecular formula is C15H22N2O3S. The molecule has 2 rings (SSSR count). The zero-order valence-corrected chi connectivity index (χ0v) is 13.2. The van der Waals surface area contributed by atoms with Crippen LogP contribution >= 0.6 is 0 Å². The van der Waals surface area contributed by atoms with Gasteiger partial charge in [0.25, 0.3) is 0 Å². The number of amides is 1. The van der Waals surface area contributed by atoms with Crippen LogP contribution in [0.25, 0.3) is 0 Å². The van der Waals surface area contributed by atoms with Crippen LogP contribution in [0.1, 0.15) is 37.7 Å². The molecule has 0 aromatic carbocycles. The maximum absolute atomic E-state index is 12.1. The molecule has 0 spiro atoms. The van der Waals surface area contributed by atoms with E-state index in [9.17, 15) is 13.2 Å². The highest BCUT2D eigenvalue weighted by Crippen LogP contribution is 2.25. The van der Waals surface area contributed by atoms with E-state index in [1.165, 1.54) is 0 Å². The summed E-state index contributed by atoms with van der Waals surface area (Å²) in [6, 6.07) is 3.71. The molecule has 0 aliphatic heterocycles. The number of rotatable bonds is 6. The molecule has 1 aliphatic carbocycles. The first-order valence-corrected chi connectivity index (χ1v) is 9.05. The van der Waals surface area contributed by atoms with Crippen LogP contribution in [0.2, 0.25) is 0 Å². The number of aromatic nitrogens is 1. The summed E-state index contributed by atoms with van der Waals surface area (Å²) in [5.41, 5.74) is 0.937. The minimum Gasteiger partial charge on any atom is -0.341 e. The largest absolute Gasteiger partial charge is 0.341 e. The van der Waals surface area contributed by atoms with Gasteiger partial charge in [-0.2, -0.15) is 0 Å². The molecule has 1 aliphatic rings. The molecular weight excluding hydrogens is 288 g/mol. The average Bonchev–Trinajstić information content (AvgIpc) is 3.01. The molecule has 0 saturated heterocycles. The van der Waals surface area contributed by atoms with Crippen LogP contribution in [-0.2, 0) is 21.2 Å². The fourth-order valence-electron chi connectivity index (χ4n) is 2.69. The number of carbonyl (C=O) groups is 1. The maximum atomic E-state index is 12.1. The SMILES string of the molecule is CN(Cc1cccnc1)C(=O)CCS(=O)(=O)C1CCCC1. The summed E-state index contributed by atoms with van der Waals surface area (Å²) in [4.78, 5) is 17.6. The third-order valence-corrected chi connectivity index (χ3v) is 6.24. The van der Waals surface area contributed by atoms with Crippen molar-refractivity contribution >= 4 is 15.7 Å². The third-order valence-electron chi connectivity index (χ3n) is 3.98. The van der Waals surface area contributed by atoms with Crippen LogP contribution in [0.5, 0.6) is 0 Å².